The van der Waals surface area contributed by atoms with Crippen LogP contribution in [0.25, 0.3) is 0 Å². The Morgan fingerprint density at radius 2 is 1.71 bits per heavy atom. The zero-order chi connectivity index (χ0) is 12.5. The van der Waals surface area contributed by atoms with Crippen LogP contribution in [0.2, 0.25) is 0 Å². The van der Waals surface area contributed by atoms with Crippen LogP contribution in [0, 0.1) is 13.8 Å². The van der Waals surface area contributed by atoms with Crippen LogP contribution in [-0.2, 0) is 5.41 Å². The molecule has 0 saturated heterocycles. The first-order valence-electron chi connectivity index (χ1n) is 6.49. The van der Waals surface area contributed by atoms with Crippen LogP contribution in [0.1, 0.15) is 42.4 Å². The fourth-order valence-corrected chi connectivity index (χ4v) is 3.24. The van der Waals surface area contributed by atoms with Crippen LogP contribution >= 0.6 is 0 Å². The van der Waals surface area contributed by atoms with E-state index in [2.05, 4.69) is 26.0 Å². The lowest BCUT2D eigenvalue weighted by atomic mass is 9.78. The van der Waals surface area contributed by atoms with Gasteiger partial charge in [0.05, 0.1) is 7.11 Å². The molecule has 1 fully saturated rings. The first-order valence-corrected chi connectivity index (χ1v) is 6.49. The maximum Gasteiger partial charge on any atom is 0.124 e. The van der Waals surface area contributed by atoms with E-state index in [1.54, 1.807) is 7.11 Å². The third-order valence-electron chi connectivity index (χ3n) is 4.23. The van der Waals surface area contributed by atoms with Crippen molar-refractivity contribution in [3.63, 3.8) is 0 Å². The third kappa shape index (κ3) is 2.06. The molecule has 94 valence electrons. The summed E-state index contributed by atoms with van der Waals surface area (Å²) in [5, 5.41) is 0. The number of benzene rings is 1. The molecule has 0 aliphatic heterocycles. The number of aryl methyl sites for hydroxylation is 2. The van der Waals surface area contributed by atoms with Crippen molar-refractivity contribution >= 4 is 0 Å². The normalized spacial score (nSPS) is 18.4. The minimum atomic E-state index is 0.224. The Hall–Kier alpha value is -1.02. The van der Waals surface area contributed by atoms with Gasteiger partial charge in [-0.2, -0.15) is 0 Å². The molecule has 1 aliphatic carbocycles. The van der Waals surface area contributed by atoms with Crippen LogP contribution in [0.5, 0.6) is 5.75 Å². The minimum Gasteiger partial charge on any atom is -0.496 e. The molecule has 0 bridgehead atoms. The molecule has 0 atom stereocenters. The van der Waals surface area contributed by atoms with Crippen LogP contribution < -0.4 is 10.5 Å². The molecule has 0 heterocycles. The van der Waals surface area contributed by atoms with Gasteiger partial charge in [0.25, 0.3) is 0 Å². The molecule has 1 aliphatic rings. The van der Waals surface area contributed by atoms with Gasteiger partial charge >= 0.3 is 0 Å². The molecule has 17 heavy (non-hydrogen) atoms. The highest BCUT2D eigenvalue weighted by molar-refractivity contribution is 5.46. The topological polar surface area (TPSA) is 35.2 Å². The Kier molecular flexibility index (Phi) is 3.43. The lowest BCUT2D eigenvalue weighted by molar-refractivity contribution is 0.406. The summed E-state index contributed by atoms with van der Waals surface area (Å²) < 4.78 is 5.43. The second-order valence-electron chi connectivity index (χ2n) is 5.33. The number of ether oxygens (including phenoxy) is 1. The van der Waals surface area contributed by atoms with E-state index < -0.39 is 0 Å². The molecule has 0 radical (unpaired) electrons. The molecular formula is C15H23NO. The largest absolute Gasteiger partial charge is 0.496 e. The minimum absolute atomic E-state index is 0.224. The summed E-state index contributed by atoms with van der Waals surface area (Å²) in [6.07, 6.45) is 5.08. The summed E-state index contributed by atoms with van der Waals surface area (Å²) in [6.45, 7) is 5.00. The van der Waals surface area contributed by atoms with Crippen molar-refractivity contribution in [3.05, 3.63) is 28.8 Å². The predicted octanol–water partition coefficient (Wildman–Crippen LogP) is 3.08. The maximum absolute atomic E-state index is 6.04. The zero-order valence-corrected chi connectivity index (χ0v) is 11.2. The fourth-order valence-electron chi connectivity index (χ4n) is 3.24. The Bertz CT molecular complexity index is 382. The van der Waals surface area contributed by atoms with E-state index in [-0.39, 0.29) is 5.41 Å². The van der Waals surface area contributed by atoms with Gasteiger partial charge in [-0.15, -0.1) is 0 Å². The third-order valence-corrected chi connectivity index (χ3v) is 4.23. The van der Waals surface area contributed by atoms with Crippen LogP contribution in [0.4, 0.5) is 0 Å². The molecule has 2 rings (SSSR count). The van der Waals surface area contributed by atoms with E-state index in [4.69, 9.17) is 10.5 Å². The van der Waals surface area contributed by atoms with Crippen LogP contribution in [-0.4, -0.2) is 13.7 Å². The van der Waals surface area contributed by atoms with Gasteiger partial charge in [0.2, 0.25) is 0 Å². The molecule has 0 amide bonds. The average molecular weight is 233 g/mol. The zero-order valence-electron chi connectivity index (χ0n) is 11.2. The van der Waals surface area contributed by atoms with Gasteiger partial charge in [0, 0.05) is 12.0 Å². The van der Waals surface area contributed by atoms with Gasteiger partial charge in [-0.25, -0.2) is 0 Å². The molecule has 0 aromatic heterocycles. The van der Waals surface area contributed by atoms with Crippen molar-refractivity contribution in [2.24, 2.45) is 5.73 Å². The van der Waals surface area contributed by atoms with E-state index >= 15 is 0 Å². The lowest BCUT2D eigenvalue weighted by Crippen LogP contribution is -2.32. The highest BCUT2D eigenvalue weighted by atomic mass is 16.5. The fraction of sp³-hybridized carbons (Fsp3) is 0.600. The van der Waals surface area contributed by atoms with Gasteiger partial charge < -0.3 is 10.5 Å². The Balaban J connectivity index is 2.45. The summed E-state index contributed by atoms with van der Waals surface area (Å²) in [5.74, 6) is 1.01. The summed E-state index contributed by atoms with van der Waals surface area (Å²) in [5.41, 5.74) is 10.1. The number of methoxy groups -OCH3 is 1. The van der Waals surface area contributed by atoms with E-state index in [0.717, 1.165) is 12.3 Å². The molecule has 1 aromatic rings. The number of hydrogen-bond acceptors (Lipinski definition) is 2. The van der Waals surface area contributed by atoms with E-state index in [1.807, 2.05) is 0 Å². The highest BCUT2D eigenvalue weighted by Gasteiger charge is 2.34. The van der Waals surface area contributed by atoms with Crippen molar-refractivity contribution in [1.29, 1.82) is 0 Å². The number of hydrogen-bond donors (Lipinski definition) is 1. The van der Waals surface area contributed by atoms with Crippen molar-refractivity contribution in [1.82, 2.24) is 0 Å². The van der Waals surface area contributed by atoms with Crippen LogP contribution in [0.3, 0.4) is 0 Å². The van der Waals surface area contributed by atoms with Crippen LogP contribution in [0.15, 0.2) is 12.1 Å². The average Bonchev–Trinajstić information content (AvgIpc) is 2.78. The van der Waals surface area contributed by atoms with Crippen molar-refractivity contribution in [2.75, 3.05) is 13.7 Å². The van der Waals surface area contributed by atoms with E-state index in [9.17, 15) is 0 Å². The Morgan fingerprint density at radius 3 is 2.12 bits per heavy atom. The van der Waals surface area contributed by atoms with Gasteiger partial charge in [-0.3, -0.25) is 0 Å². The van der Waals surface area contributed by atoms with Gasteiger partial charge in [0.15, 0.2) is 0 Å². The predicted molar refractivity (Wildman–Crippen MR) is 71.7 cm³/mol. The maximum atomic E-state index is 6.04. The van der Waals surface area contributed by atoms with E-state index in [1.165, 1.54) is 42.4 Å². The highest BCUT2D eigenvalue weighted by Crippen LogP contribution is 2.42. The molecule has 1 aromatic carbocycles. The SMILES string of the molecule is COc1c(C)cc(C2(CN)CCCC2)cc1C. The molecular weight excluding hydrogens is 210 g/mol. The van der Waals surface area contributed by atoms with Gasteiger partial charge in [0.1, 0.15) is 5.75 Å². The van der Waals surface area contributed by atoms with Gasteiger partial charge in [-0.1, -0.05) is 25.0 Å². The summed E-state index contributed by atoms with van der Waals surface area (Å²) in [7, 11) is 1.74. The smallest absolute Gasteiger partial charge is 0.124 e. The molecule has 2 nitrogen and oxygen atoms in total. The number of nitrogens with two attached hydrogens (primary N) is 1. The summed E-state index contributed by atoms with van der Waals surface area (Å²) >= 11 is 0. The molecule has 2 N–H and O–H groups in total. The second-order valence-corrected chi connectivity index (χ2v) is 5.33. The first-order chi connectivity index (χ1) is 8.13. The van der Waals surface area contributed by atoms with Gasteiger partial charge in [-0.05, 0) is 43.4 Å². The molecule has 2 heteroatoms. The van der Waals surface area contributed by atoms with E-state index in [0.29, 0.717) is 0 Å². The summed E-state index contributed by atoms with van der Waals surface area (Å²) in [4.78, 5) is 0. The monoisotopic (exact) mass is 233 g/mol. The Labute approximate surface area is 104 Å². The first kappa shape index (κ1) is 12.4. The number of rotatable bonds is 3. The Morgan fingerprint density at radius 1 is 1.18 bits per heavy atom. The molecule has 1 saturated carbocycles. The lowest BCUT2D eigenvalue weighted by Gasteiger charge is -2.29. The standard InChI is InChI=1S/C15H23NO/c1-11-8-13(9-12(2)14(11)17-3)15(10-16)6-4-5-7-15/h8-9H,4-7,10,16H2,1-3H3. The van der Waals surface area contributed by atoms with Crippen molar-refractivity contribution < 1.29 is 4.74 Å². The van der Waals surface area contributed by atoms with Crippen molar-refractivity contribution in [3.8, 4) is 5.75 Å². The molecule has 0 unspecified atom stereocenters. The summed E-state index contributed by atoms with van der Waals surface area (Å²) in [6, 6.07) is 4.54. The second kappa shape index (κ2) is 4.69. The van der Waals surface area contributed by atoms with Crippen molar-refractivity contribution in [2.45, 2.75) is 44.9 Å². The quantitative estimate of drug-likeness (QED) is 0.870. The molecule has 0 spiro atoms.